The van der Waals surface area contributed by atoms with Crippen LogP contribution in [0.5, 0.6) is 0 Å². The fourth-order valence-corrected chi connectivity index (χ4v) is 0.313. The van der Waals surface area contributed by atoms with Crippen LogP contribution < -0.4 is 0 Å². The zero-order valence-electron chi connectivity index (χ0n) is 5.27. The maximum Gasteiger partial charge on any atom is 0.0267 e. The van der Waals surface area contributed by atoms with E-state index in [0.29, 0.717) is 0 Å². The van der Waals surface area contributed by atoms with Gasteiger partial charge in [0, 0.05) is 12.4 Å². The Labute approximate surface area is 82.9 Å². The standard InChI is InChI=1S/C5H5N.3ClH.H3P/c1-2-4-6-5-3-1;;;;/h1-5H;3*1H;1H3. The zero-order valence-corrected chi connectivity index (χ0v) is 9.13. The molecule has 0 spiro atoms. The summed E-state index contributed by atoms with van der Waals surface area (Å²) in [5.41, 5.74) is 0. The van der Waals surface area contributed by atoms with Crippen LogP contribution in [0, 0.1) is 0 Å². The minimum absolute atomic E-state index is 0. The molecular formula is C5H11Cl3NP. The molecule has 0 N–H and O–H groups in total. The molecule has 1 aromatic rings. The zero-order chi connectivity index (χ0) is 4.24. The van der Waals surface area contributed by atoms with Gasteiger partial charge in [0.2, 0.25) is 0 Å². The predicted octanol–water partition coefficient (Wildman–Crippen LogP) is 2.41. The van der Waals surface area contributed by atoms with Crippen molar-refractivity contribution in [1.82, 2.24) is 4.98 Å². The lowest BCUT2D eigenvalue weighted by Crippen LogP contribution is -1.58. The fraction of sp³-hybridized carbons (Fsp3) is 0. The molecule has 0 fully saturated rings. The van der Waals surface area contributed by atoms with Gasteiger partial charge in [-0.2, -0.15) is 9.90 Å². The van der Waals surface area contributed by atoms with Crippen LogP contribution in [0.15, 0.2) is 30.6 Å². The smallest absolute Gasteiger partial charge is 0.0267 e. The van der Waals surface area contributed by atoms with E-state index in [1.165, 1.54) is 0 Å². The Kier molecular flexibility index (Phi) is 36.4. The summed E-state index contributed by atoms with van der Waals surface area (Å²) in [7, 11) is 0. The van der Waals surface area contributed by atoms with Crippen molar-refractivity contribution >= 4 is 47.1 Å². The predicted molar refractivity (Wildman–Crippen MR) is 57.1 cm³/mol. The highest BCUT2D eigenvalue weighted by Gasteiger charge is 1.58. The molecule has 0 amide bonds. The maximum absolute atomic E-state index is 3.78. The Morgan fingerprint density at radius 3 is 1.20 bits per heavy atom. The van der Waals surface area contributed by atoms with Crippen molar-refractivity contribution in [2.45, 2.75) is 0 Å². The molecular weight excluding hydrogens is 211 g/mol. The second kappa shape index (κ2) is 16.2. The van der Waals surface area contributed by atoms with Crippen LogP contribution in [0.25, 0.3) is 0 Å². The van der Waals surface area contributed by atoms with Crippen LogP contribution in [0.4, 0.5) is 0 Å². The second-order valence-corrected chi connectivity index (χ2v) is 1.02. The molecule has 1 rings (SSSR count). The van der Waals surface area contributed by atoms with E-state index in [4.69, 9.17) is 0 Å². The second-order valence-electron chi connectivity index (χ2n) is 1.02. The van der Waals surface area contributed by atoms with E-state index in [1.807, 2.05) is 18.2 Å². The summed E-state index contributed by atoms with van der Waals surface area (Å²) < 4.78 is 0. The van der Waals surface area contributed by atoms with Gasteiger partial charge in [-0.15, -0.1) is 37.2 Å². The molecule has 0 saturated heterocycles. The van der Waals surface area contributed by atoms with Gasteiger partial charge in [-0.05, 0) is 12.1 Å². The highest BCUT2D eigenvalue weighted by Crippen LogP contribution is 1.73. The summed E-state index contributed by atoms with van der Waals surface area (Å²) in [5.74, 6) is 0. The Bertz CT molecular complexity index is 88.8. The number of nitrogens with zero attached hydrogens (tertiary/aromatic N) is 1. The molecule has 1 aromatic heterocycles. The quantitative estimate of drug-likeness (QED) is 0.614. The Balaban J connectivity index is -0.0000000450. The molecule has 0 aromatic carbocycles. The summed E-state index contributed by atoms with van der Waals surface area (Å²) in [4.78, 5) is 3.78. The number of rotatable bonds is 0. The van der Waals surface area contributed by atoms with Gasteiger partial charge in [-0.1, -0.05) is 6.07 Å². The van der Waals surface area contributed by atoms with Crippen molar-refractivity contribution in [3.05, 3.63) is 30.6 Å². The molecule has 0 aliphatic carbocycles. The molecule has 10 heavy (non-hydrogen) atoms. The molecule has 1 atom stereocenters. The number of hydrogen-bond donors (Lipinski definition) is 0. The van der Waals surface area contributed by atoms with Gasteiger partial charge in [0.05, 0.1) is 0 Å². The van der Waals surface area contributed by atoms with E-state index >= 15 is 0 Å². The first-order chi connectivity index (χ1) is 3.00. The topological polar surface area (TPSA) is 12.9 Å². The molecule has 1 unspecified atom stereocenters. The summed E-state index contributed by atoms with van der Waals surface area (Å²) in [6.07, 6.45) is 3.50. The first-order valence-corrected chi connectivity index (χ1v) is 1.85. The lowest BCUT2D eigenvalue weighted by molar-refractivity contribution is 1.33. The molecule has 0 aliphatic heterocycles. The van der Waals surface area contributed by atoms with Gasteiger partial charge in [0.1, 0.15) is 0 Å². The van der Waals surface area contributed by atoms with Crippen LogP contribution in [-0.2, 0) is 0 Å². The lowest BCUT2D eigenvalue weighted by Gasteiger charge is -1.70. The van der Waals surface area contributed by atoms with E-state index < -0.39 is 0 Å². The van der Waals surface area contributed by atoms with E-state index in [2.05, 4.69) is 4.98 Å². The summed E-state index contributed by atoms with van der Waals surface area (Å²) in [5, 5.41) is 0. The summed E-state index contributed by atoms with van der Waals surface area (Å²) in [6, 6.07) is 5.72. The number of halogens is 3. The molecule has 0 aliphatic rings. The average Bonchev–Trinajstić information content (AvgIpc) is 1.72. The SMILES string of the molecule is Cl.Cl.Cl.P.c1ccncc1. The highest BCUT2D eigenvalue weighted by molar-refractivity contribution is 6.92. The molecule has 0 saturated carbocycles. The highest BCUT2D eigenvalue weighted by atomic mass is 35.5. The Morgan fingerprint density at radius 2 is 1.10 bits per heavy atom. The van der Waals surface area contributed by atoms with Gasteiger partial charge in [0.25, 0.3) is 0 Å². The van der Waals surface area contributed by atoms with Gasteiger partial charge >= 0.3 is 0 Å². The third-order valence-corrected chi connectivity index (χ3v) is 0.566. The number of aromatic nitrogens is 1. The fourth-order valence-electron chi connectivity index (χ4n) is 0.313. The number of hydrogen-bond acceptors (Lipinski definition) is 1. The van der Waals surface area contributed by atoms with Gasteiger partial charge in [-0.25, -0.2) is 0 Å². The van der Waals surface area contributed by atoms with Crippen LogP contribution in [0.1, 0.15) is 0 Å². The van der Waals surface area contributed by atoms with Crippen molar-refractivity contribution < 1.29 is 0 Å². The average molecular weight is 222 g/mol. The van der Waals surface area contributed by atoms with Crippen LogP contribution in [0.3, 0.4) is 0 Å². The lowest BCUT2D eigenvalue weighted by atomic mass is 10.5. The maximum atomic E-state index is 3.78. The van der Waals surface area contributed by atoms with E-state index in [1.54, 1.807) is 12.4 Å². The monoisotopic (exact) mass is 221 g/mol. The van der Waals surface area contributed by atoms with Crippen molar-refractivity contribution in [2.75, 3.05) is 0 Å². The van der Waals surface area contributed by atoms with E-state index in [0.717, 1.165) is 0 Å². The van der Waals surface area contributed by atoms with Gasteiger partial charge in [-0.3, -0.25) is 4.98 Å². The normalized spacial score (nSPS) is 4.80. The van der Waals surface area contributed by atoms with E-state index in [9.17, 15) is 0 Å². The molecule has 1 nitrogen and oxygen atoms in total. The Morgan fingerprint density at radius 1 is 0.700 bits per heavy atom. The largest absolute Gasteiger partial charge is 0.265 e. The molecule has 62 valence electrons. The number of pyridine rings is 1. The first-order valence-electron chi connectivity index (χ1n) is 1.85. The Hall–Kier alpha value is 0.450. The van der Waals surface area contributed by atoms with Crippen LogP contribution in [-0.4, -0.2) is 4.98 Å². The summed E-state index contributed by atoms with van der Waals surface area (Å²) in [6.45, 7) is 0. The molecule has 0 radical (unpaired) electrons. The van der Waals surface area contributed by atoms with Crippen molar-refractivity contribution in [1.29, 1.82) is 0 Å². The third kappa shape index (κ3) is 11.3. The molecule has 5 heteroatoms. The van der Waals surface area contributed by atoms with Crippen LogP contribution in [0.2, 0.25) is 0 Å². The van der Waals surface area contributed by atoms with Crippen molar-refractivity contribution in [3.63, 3.8) is 0 Å². The first kappa shape index (κ1) is 22.4. The van der Waals surface area contributed by atoms with E-state index in [-0.39, 0.29) is 47.1 Å². The van der Waals surface area contributed by atoms with Crippen molar-refractivity contribution in [3.8, 4) is 0 Å². The van der Waals surface area contributed by atoms with Crippen molar-refractivity contribution in [2.24, 2.45) is 0 Å². The van der Waals surface area contributed by atoms with Crippen LogP contribution >= 0.6 is 47.1 Å². The van der Waals surface area contributed by atoms with Gasteiger partial charge < -0.3 is 0 Å². The molecule has 0 bridgehead atoms. The molecule has 1 heterocycles. The minimum Gasteiger partial charge on any atom is -0.265 e. The third-order valence-electron chi connectivity index (χ3n) is 0.566. The van der Waals surface area contributed by atoms with Gasteiger partial charge in [0.15, 0.2) is 0 Å². The minimum atomic E-state index is 0. The summed E-state index contributed by atoms with van der Waals surface area (Å²) >= 11 is 0.